The molecule has 15 heavy (non-hydrogen) atoms. The van der Waals surface area contributed by atoms with E-state index in [2.05, 4.69) is 38.5 Å². The summed E-state index contributed by atoms with van der Waals surface area (Å²) in [5.41, 5.74) is 1.65. The van der Waals surface area contributed by atoms with E-state index in [1.165, 1.54) is 0 Å². The van der Waals surface area contributed by atoms with Gasteiger partial charge in [-0.15, -0.1) is 0 Å². The number of hydrogen-bond acceptors (Lipinski definition) is 2. The maximum absolute atomic E-state index is 10.1. The van der Waals surface area contributed by atoms with Gasteiger partial charge in [0, 0.05) is 13.6 Å². The second-order valence-electron chi connectivity index (χ2n) is 3.13. The van der Waals surface area contributed by atoms with Crippen molar-refractivity contribution in [2.24, 2.45) is 0 Å². The van der Waals surface area contributed by atoms with E-state index < -0.39 is 6.10 Å². The Labute approximate surface area is 110 Å². The van der Waals surface area contributed by atoms with Gasteiger partial charge < -0.3 is 9.52 Å². The van der Waals surface area contributed by atoms with Crippen molar-refractivity contribution in [2.45, 2.75) is 6.10 Å². The fourth-order valence-electron chi connectivity index (χ4n) is 1.33. The molecule has 4 heteroatoms. The molecule has 0 amide bonds. The van der Waals surface area contributed by atoms with E-state index in [0.29, 0.717) is 0 Å². The highest BCUT2D eigenvalue weighted by atomic mass is 127. The Balaban J connectivity index is 2.41. The van der Waals surface area contributed by atoms with Gasteiger partial charge in [0.1, 0.15) is 6.10 Å². The standard InChI is InChI=1S/C11H8BrIO2/c12-8-1-2-10(13)9(5-8)11(14)7-3-4-15-6-7/h1-6,11,14H. The first-order valence-electron chi connectivity index (χ1n) is 4.33. The molecule has 0 saturated heterocycles. The molecule has 0 aliphatic rings. The highest BCUT2D eigenvalue weighted by molar-refractivity contribution is 14.1. The SMILES string of the molecule is OC(c1ccoc1)c1cc(Br)ccc1I. The lowest BCUT2D eigenvalue weighted by Crippen LogP contribution is -2.00. The monoisotopic (exact) mass is 378 g/mol. The first-order valence-corrected chi connectivity index (χ1v) is 6.21. The van der Waals surface area contributed by atoms with Crippen LogP contribution in [0.1, 0.15) is 17.2 Å². The summed E-state index contributed by atoms with van der Waals surface area (Å²) in [6.07, 6.45) is 2.48. The molecule has 2 aromatic rings. The fourth-order valence-corrected chi connectivity index (χ4v) is 2.34. The molecule has 2 rings (SSSR count). The molecule has 0 radical (unpaired) electrons. The van der Waals surface area contributed by atoms with Gasteiger partial charge in [0.15, 0.2) is 0 Å². The molecule has 0 bridgehead atoms. The van der Waals surface area contributed by atoms with E-state index in [4.69, 9.17) is 4.42 Å². The zero-order valence-electron chi connectivity index (χ0n) is 7.65. The van der Waals surface area contributed by atoms with Gasteiger partial charge >= 0.3 is 0 Å². The van der Waals surface area contributed by atoms with E-state index in [0.717, 1.165) is 19.2 Å². The normalized spacial score (nSPS) is 12.7. The van der Waals surface area contributed by atoms with Gasteiger partial charge in [-0.1, -0.05) is 15.9 Å². The summed E-state index contributed by atoms with van der Waals surface area (Å²) < 4.78 is 6.94. The highest BCUT2D eigenvalue weighted by Gasteiger charge is 2.14. The van der Waals surface area contributed by atoms with Crippen molar-refractivity contribution >= 4 is 38.5 Å². The smallest absolute Gasteiger partial charge is 0.108 e. The number of aliphatic hydroxyl groups excluding tert-OH is 1. The minimum absolute atomic E-state index is 0.631. The largest absolute Gasteiger partial charge is 0.472 e. The predicted molar refractivity (Wildman–Crippen MR) is 69.6 cm³/mol. The van der Waals surface area contributed by atoms with Crippen molar-refractivity contribution in [3.8, 4) is 0 Å². The molecule has 1 heterocycles. The van der Waals surface area contributed by atoms with Gasteiger partial charge in [-0.25, -0.2) is 0 Å². The van der Waals surface area contributed by atoms with Gasteiger partial charge in [-0.05, 0) is 52.4 Å². The predicted octanol–water partition coefficient (Wildman–Crippen LogP) is 3.73. The van der Waals surface area contributed by atoms with Crippen LogP contribution < -0.4 is 0 Å². The van der Waals surface area contributed by atoms with Gasteiger partial charge in [-0.3, -0.25) is 0 Å². The summed E-state index contributed by atoms with van der Waals surface area (Å²) in [6.45, 7) is 0. The van der Waals surface area contributed by atoms with Crippen LogP contribution in [-0.4, -0.2) is 5.11 Å². The lowest BCUT2D eigenvalue weighted by atomic mass is 10.0. The third kappa shape index (κ3) is 2.43. The Kier molecular flexibility index (Phi) is 3.48. The number of rotatable bonds is 2. The highest BCUT2D eigenvalue weighted by Crippen LogP contribution is 2.28. The molecule has 1 aromatic heterocycles. The van der Waals surface area contributed by atoms with Gasteiger partial charge in [0.2, 0.25) is 0 Å². The van der Waals surface area contributed by atoms with Gasteiger partial charge in [-0.2, -0.15) is 0 Å². The average molecular weight is 379 g/mol. The molecule has 2 nitrogen and oxygen atoms in total. The number of benzene rings is 1. The lowest BCUT2D eigenvalue weighted by molar-refractivity contribution is 0.218. The van der Waals surface area contributed by atoms with Crippen LogP contribution in [-0.2, 0) is 0 Å². The lowest BCUT2D eigenvalue weighted by Gasteiger charge is -2.11. The Bertz CT molecular complexity index is 454. The zero-order valence-corrected chi connectivity index (χ0v) is 11.4. The third-order valence-electron chi connectivity index (χ3n) is 2.11. The molecule has 1 aromatic carbocycles. The Hall–Kier alpha value is -0.330. The molecule has 0 aliphatic carbocycles. The second-order valence-corrected chi connectivity index (χ2v) is 5.20. The molecule has 1 unspecified atom stereocenters. The van der Waals surface area contributed by atoms with E-state index >= 15 is 0 Å². The van der Waals surface area contributed by atoms with Crippen molar-refractivity contribution in [2.75, 3.05) is 0 Å². The maximum atomic E-state index is 10.1. The number of hydrogen-bond donors (Lipinski definition) is 1. The number of halogens is 2. The average Bonchev–Trinajstić information content (AvgIpc) is 2.74. The summed E-state index contributed by atoms with van der Waals surface area (Å²) >= 11 is 5.60. The molecular weight excluding hydrogens is 371 g/mol. The number of furan rings is 1. The summed E-state index contributed by atoms with van der Waals surface area (Å²) in [4.78, 5) is 0. The zero-order chi connectivity index (χ0) is 10.8. The molecule has 0 aliphatic heterocycles. The number of aliphatic hydroxyl groups is 1. The van der Waals surface area contributed by atoms with Crippen LogP contribution in [0, 0.1) is 3.57 Å². The van der Waals surface area contributed by atoms with Crippen molar-refractivity contribution in [1.82, 2.24) is 0 Å². The molecule has 1 N–H and O–H groups in total. The van der Waals surface area contributed by atoms with Gasteiger partial charge in [0.25, 0.3) is 0 Å². The second kappa shape index (κ2) is 4.67. The molecule has 0 saturated carbocycles. The van der Waals surface area contributed by atoms with Crippen molar-refractivity contribution in [1.29, 1.82) is 0 Å². The van der Waals surface area contributed by atoms with Crippen molar-refractivity contribution in [3.05, 3.63) is 56.0 Å². The van der Waals surface area contributed by atoms with Crippen LogP contribution in [0.5, 0.6) is 0 Å². The molecular formula is C11H8BrIO2. The summed E-state index contributed by atoms with van der Waals surface area (Å²) in [7, 11) is 0. The van der Waals surface area contributed by atoms with Gasteiger partial charge in [0.05, 0.1) is 12.5 Å². The fraction of sp³-hybridized carbons (Fsp3) is 0.0909. The molecule has 78 valence electrons. The molecule has 1 atom stereocenters. The third-order valence-corrected chi connectivity index (χ3v) is 3.59. The first kappa shape index (κ1) is 11.2. The van der Waals surface area contributed by atoms with Crippen LogP contribution in [0.25, 0.3) is 0 Å². The van der Waals surface area contributed by atoms with E-state index in [9.17, 15) is 5.11 Å². The minimum atomic E-state index is -0.631. The van der Waals surface area contributed by atoms with E-state index in [1.807, 2.05) is 18.2 Å². The molecule has 0 spiro atoms. The Morgan fingerprint density at radius 1 is 1.33 bits per heavy atom. The van der Waals surface area contributed by atoms with Crippen LogP contribution in [0.15, 0.2) is 45.7 Å². The summed E-state index contributed by atoms with van der Waals surface area (Å²) in [5.74, 6) is 0. The molecule has 0 fully saturated rings. The van der Waals surface area contributed by atoms with Crippen molar-refractivity contribution in [3.63, 3.8) is 0 Å². The van der Waals surface area contributed by atoms with E-state index in [1.54, 1.807) is 18.6 Å². The van der Waals surface area contributed by atoms with Crippen LogP contribution in [0.4, 0.5) is 0 Å². The summed E-state index contributed by atoms with van der Waals surface area (Å²) in [5, 5.41) is 10.1. The Morgan fingerprint density at radius 2 is 2.13 bits per heavy atom. The maximum Gasteiger partial charge on any atom is 0.108 e. The topological polar surface area (TPSA) is 33.4 Å². The van der Waals surface area contributed by atoms with Crippen molar-refractivity contribution < 1.29 is 9.52 Å². The van der Waals surface area contributed by atoms with Crippen LogP contribution in [0.3, 0.4) is 0 Å². The Morgan fingerprint density at radius 3 is 2.80 bits per heavy atom. The van der Waals surface area contributed by atoms with E-state index in [-0.39, 0.29) is 0 Å². The summed E-state index contributed by atoms with van der Waals surface area (Å²) in [6, 6.07) is 7.59. The van der Waals surface area contributed by atoms with Crippen LogP contribution >= 0.6 is 38.5 Å². The first-order chi connectivity index (χ1) is 7.18. The minimum Gasteiger partial charge on any atom is -0.472 e. The quantitative estimate of drug-likeness (QED) is 0.808. The van der Waals surface area contributed by atoms with Crippen LogP contribution in [0.2, 0.25) is 0 Å².